The van der Waals surface area contributed by atoms with Crippen LogP contribution in [0, 0.1) is 11.8 Å². The van der Waals surface area contributed by atoms with Gasteiger partial charge >= 0.3 is 0 Å². The average Bonchev–Trinajstić information content (AvgIpc) is 2.73. The zero-order valence-electron chi connectivity index (χ0n) is 13.0. The smallest absolute Gasteiger partial charge is 0.0598 e. The molecule has 2 aliphatic heterocycles. The summed E-state index contributed by atoms with van der Waals surface area (Å²) in [7, 11) is 0. The largest absolute Gasteiger partial charge is 0.375 e. The Kier molecular flexibility index (Phi) is 4.08. The highest BCUT2D eigenvalue weighted by Gasteiger charge is 2.50. The van der Waals surface area contributed by atoms with Gasteiger partial charge in [-0.05, 0) is 65.5 Å². The molecule has 0 spiro atoms. The second kappa shape index (κ2) is 5.13. The number of hydrogen-bond acceptors (Lipinski definition) is 2. The molecule has 0 bridgehead atoms. The molecule has 0 amide bonds. The van der Waals surface area contributed by atoms with Crippen LogP contribution in [0.4, 0.5) is 0 Å². The van der Waals surface area contributed by atoms with E-state index in [0.29, 0.717) is 17.4 Å². The predicted octanol–water partition coefficient (Wildman–Crippen LogP) is 3.70. The van der Waals surface area contributed by atoms with Crippen molar-refractivity contribution >= 4 is 0 Å². The van der Waals surface area contributed by atoms with Gasteiger partial charge in [-0.15, -0.1) is 0 Å². The van der Waals surface area contributed by atoms with E-state index in [0.717, 1.165) is 6.61 Å². The van der Waals surface area contributed by atoms with Crippen molar-refractivity contribution in [3.8, 4) is 0 Å². The maximum absolute atomic E-state index is 6.14. The molecule has 0 saturated carbocycles. The molecule has 2 rings (SSSR count). The fourth-order valence-electron chi connectivity index (χ4n) is 4.06. The number of rotatable bonds is 4. The summed E-state index contributed by atoms with van der Waals surface area (Å²) in [6.07, 6.45) is 5.56. The van der Waals surface area contributed by atoms with Crippen molar-refractivity contribution < 1.29 is 4.74 Å². The van der Waals surface area contributed by atoms with E-state index < -0.39 is 0 Å². The number of nitrogens with zero attached hydrogens (tertiary/aromatic N) is 1. The molecule has 0 aromatic rings. The molecule has 1 unspecified atom stereocenters. The first-order valence-electron chi connectivity index (χ1n) is 7.74. The Morgan fingerprint density at radius 3 is 2.11 bits per heavy atom. The quantitative estimate of drug-likeness (QED) is 0.757. The van der Waals surface area contributed by atoms with E-state index in [1.807, 2.05) is 0 Å². The number of fused-ring (bicyclic) bond motifs is 1. The highest BCUT2D eigenvalue weighted by Crippen LogP contribution is 2.47. The van der Waals surface area contributed by atoms with Crippen molar-refractivity contribution in [1.29, 1.82) is 0 Å². The molecule has 2 heterocycles. The van der Waals surface area contributed by atoms with Crippen LogP contribution in [-0.2, 0) is 4.74 Å². The van der Waals surface area contributed by atoms with Crippen LogP contribution in [0.15, 0.2) is 0 Å². The lowest BCUT2D eigenvalue weighted by atomic mass is 9.74. The Balaban J connectivity index is 2.09. The van der Waals surface area contributed by atoms with Crippen LogP contribution in [0.1, 0.15) is 60.3 Å². The van der Waals surface area contributed by atoms with E-state index in [9.17, 15) is 0 Å². The SMILES string of the molecule is CC(C)C(COC(C)(C)C)C12CCCN1CCC2. The molecule has 0 radical (unpaired) electrons. The van der Waals surface area contributed by atoms with Crippen molar-refractivity contribution in [2.75, 3.05) is 19.7 Å². The fraction of sp³-hybridized carbons (Fsp3) is 1.00. The summed E-state index contributed by atoms with van der Waals surface area (Å²) < 4.78 is 6.14. The molecule has 106 valence electrons. The fourth-order valence-corrected chi connectivity index (χ4v) is 4.06. The summed E-state index contributed by atoms with van der Waals surface area (Å²) in [5.41, 5.74) is 0.464. The minimum atomic E-state index is -0.00812. The summed E-state index contributed by atoms with van der Waals surface area (Å²) in [6.45, 7) is 14.8. The van der Waals surface area contributed by atoms with Crippen LogP contribution < -0.4 is 0 Å². The van der Waals surface area contributed by atoms with E-state index in [4.69, 9.17) is 4.74 Å². The lowest BCUT2D eigenvalue weighted by Gasteiger charge is -2.43. The zero-order chi connectivity index (χ0) is 13.4. The molecule has 0 aromatic carbocycles. The summed E-state index contributed by atoms with van der Waals surface area (Å²) in [5, 5.41) is 0. The van der Waals surface area contributed by atoms with Crippen LogP contribution in [0.3, 0.4) is 0 Å². The van der Waals surface area contributed by atoms with Gasteiger partial charge in [-0.1, -0.05) is 13.8 Å². The van der Waals surface area contributed by atoms with Crippen molar-refractivity contribution in [3.63, 3.8) is 0 Å². The molecule has 2 heteroatoms. The Hall–Kier alpha value is -0.0800. The molecular weight excluding hydrogens is 222 g/mol. The van der Waals surface area contributed by atoms with Gasteiger partial charge in [-0.2, -0.15) is 0 Å². The van der Waals surface area contributed by atoms with Gasteiger partial charge < -0.3 is 4.74 Å². The first-order valence-corrected chi connectivity index (χ1v) is 7.74. The summed E-state index contributed by atoms with van der Waals surface area (Å²) in [6, 6.07) is 0. The van der Waals surface area contributed by atoms with Crippen molar-refractivity contribution in [3.05, 3.63) is 0 Å². The normalized spacial score (nSPS) is 25.7. The summed E-state index contributed by atoms with van der Waals surface area (Å²) in [4.78, 5) is 2.77. The van der Waals surface area contributed by atoms with E-state index in [2.05, 4.69) is 39.5 Å². The number of ether oxygens (including phenoxy) is 1. The molecule has 0 aliphatic carbocycles. The van der Waals surface area contributed by atoms with Gasteiger partial charge in [0.1, 0.15) is 0 Å². The monoisotopic (exact) mass is 253 g/mol. The van der Waals surface area contributed by atoms with Gasteiger partial charge in [0.25, 0.3) is 0 Å². The van der Waals surface area contributed by atoms with Crippen LogP contribution in [0.2, 0.25) is 0 Å². The highest BCUT2D eigenvalue weighted by molar-refractivity contribution is 5.05. The second-order valence-electron chi connectivity index (χ2n) is 7.57. The van der Waals surface area contributed by atoms with Crippen LogP contribution >= 0.6 is 0 Å². The van der Waals surface area contributed by atoms with E-state index in [1.54, 1.807) is 0 Å². The van der Waals surface area contributed by atoms with Gasteiger partial charge in [0, 0.05) is 11.5 Å². The Bertz CT molecular complexity index is 269. The average molecular weight is 253 g/mol. The third-order valence-electron chi connectivity index (χ3n) is 4.90. The van der Waals surface area contributed by atoms with Gasteiger partial charge in [-0.25, -0.2) is 0 Å². The lowest BCUT2D eigenvalue weighted by Crippen LogP contribution is -2.49. The molecule has 2 nitrogen and oxygen atoms in total. The predicted molar refractivity (Wildman–Crippen MR) is 76.8 cm³/mol. The molecule has 18 heavy (non-hydrogen) atoms. The molecule has 2 saturated heterocycles. The molecule has 2 fully saturated rings. The van der Waals surface area contributed by atoms with Gasteiger partial charge in [0.05, 0.1) is 12.2 Å². The highest BCUT2D eigenvalue weighted by atomic mass is 16.5. The molecule has 0 aromatic heterocycles. The summed E-state index contributed by atoms with van der Waals surface area (Å²) >= 11 is 0. The maximum Gasteiger partial charge on any atom is 0.0598 e. The van der Waals surface area contributed by atoms with Gasteiger partial charge in [-0.3, -0.25) is 4.90 Å². The summed E-state index contributed by atoms with van der Waals surface area (Å²) in [5.74, 6) is 1.41. The zero-order valence-corrected chi connectivity index (χ0v) is 13.0. The standard InChI is InChI=1S/C16H31NO/c1-13(2)14(12-18-15(3,4)5)16-8-6-10-17(16)11-7-9-16/h13-14H,6-12H2,1-5H3. The minimum absolute atomic E-state index is 0.00812. The molecule has 0 N–H and O–H groups in total. The van der Waals surface area contributed by atoms with Crippen molar-refractivity contribution in [1.82, 2.24) is 4.90 Å². The van der Waals surface area contributed by atoms with Crippen LogP contribution in [0.25, 0.3) is 0 Å². The molecular formula is C16H31NO. The molecule has 1 atom stereocenters. The lowest BCUT2D eigenvalue weighted by molar-refractivity contribution is -0.0626. The first kappa shape index (κ1) is 14.3. The Morgan fingerprint density at radius 1 is 1.11 bits per heavy atom. The minimum Gasteiger partial charge on any atom is -0.375 e. The van der Waals surface area contributed by atoms with E-state index >= 15 is 0 Å². The van der Waals surface area contributed by atoms with Gasteiger partial charge in [0.2, 0.25) is 0 Å². The van der Waals surface area contributed by atoms with Crippen LogP contribution in [0.5, 0.6) is 0 Å². The topological polar surface area (TPSA) is 12.5 Å². The van der Waals surface area contributed by atoms with E-state index in [-0.39, 0.29) is 5.60 Å². The third kappa shape index (κ3) is 2.75. The first-order chi connectivity index (χ1) is 8.35. The van der Waals surface area contributed by atoms with Crippen molar-refractivity contribution in [2.45, 2.75) is 71.4 Å². The Labute approximate surface area is 113 Å². The third-order valence-corrected chi connectivity index (χ3v) is 4.90. The second-order valence-corrected chi connectivity index (χ2v) is 7.57. The van der Waals surface area contributed by atoms with E-state index in [1.165, 1.54) is 38.8 Å². The van der Waals surface area contributed by atoms with Gasteiger partial charge in [0.15, 0.2) is 0 Å². The maximum atomic E-state index is 6.14. The Morgan fingerprint density at radius 2 is 1.67 bits per heavy atom. The van der Waals surface area contributed by atoms with Crippen LogP contribution in [-0.4, -0.2) is 35.7 Å². The van der Waals surface area contributed by atoms with Crippen molar-refractivity contribution in [2.24, 2.45) is 11.8 Å². The molecule has 2 aliphatic rings. The number of hydrogen-bond donors (Lipinski definition) is 0.